The molecule has 0 radical (unpaired) electrons. The van der Waals surface area contributed by atoms with E-state index in [1.807, 2.05) is 36.4 Å². The first-order valence-electron chi connectivity index (χ1n) is 5.87. The fraction of sp³-hybridized carbons (Fsp3) is 0.133. The van der Waals surface area contributed by atoms with E-state index < -0.39 is 0 Å². The van der Waals surface area contributed by atoms with Crippen molar-refractivity contribution in [1.82, 2.24) is 0 Å². The molecular formula is C15H14ClNO2. The van der Waals surface area contributed by atoms with E-state index >= 15 is 0 Å². The number of aliphatic hydroxyl groups excluding tert-OH is 1. The average Bonchev–Trinajstić information content (AvgIpc) is 2.46. The second kappa shape index (κ2) is 6.92. The monoisotopic (exact) mass is 275 g/mol. The Hall–Kier alpha value is -1.84. The standard InChI is InChI=1S/C15H14ClNO2/c16-15-7-5-12(6-8-15)9-17-19-11-14-3-1-13(10-18)2-4-14/h1-9,18H,10-11H2/b17-9+. The maximum atomic E-state index is 8.92. The minimum atomic E-state index is 0.0514. The molecule has 0 spiro atoms. The van der Waals surface area contributed by atoms with Crippen molar-refractivity contribution in [3.8, 4) is 0 Å². The molecule has 0 saturated carbocycles. The lowest BCUT2D eigenvalue weighted by Gasteiger charge is -2.01. The Kier molecular flexibility index (Phi) is 4.95. The number of halogens is 1. The quantitative estimate of drug-likeness (QED) is 0.671. The van der Waals surface area contributed by atoms with Gasteiger partial charge in [-0.1, -0.05) is 53.2 Å². The van der Waals surface area contributed by atoms with E-state index in [0.29, 0.717) is 11.6 Å². The highest BCUT2D eigenvalue weighted by molar-refractivity contribution is 6.30. The third-order valence-corrected chi connectivity index (χ3v) is 2.84. The van der Waals surface area contributed by atoms with Gasteiger partial charge < -0.3 is 9.94 Å². The van der Waals surface area contributed by atoms with E-state index in [2.05, 4.69) is 5.16 Å². The molecule has 0 saturated heterocycles. The molecule has 0 heterocycles. The van der Waals surface area contributed by atoms with Crippen LogP contribution in [0.25, 0.3) is 0 Å². The highest BCUT2D eigenvalue weighted by Crippen LogP contribution is 2.08. The Bertz CT molecular complexity index is 535. The van der Waals surface area contributed by atoms with Crippen LogP contribution < -0.4 is 0 Å². The molecule has 0 aromatic heterocycles. The van der Waals surface area contributed by atoms with Gasteiger partial charge in [0.15, 0.2) is 0 Å². The minimum Gasteiger partial charge on any atom is -0.392 e. The van der Waals surface area contributed by atoms with Crippen molar-refractivity contribution < 1.29 is 9.94 Å². The van der Waals surface area contributed by atoms with Gasteiger partial charge in [0.25, 0.3) is 0 Å². The topological polar surface area (TPSA) is 41.8 Å². The van der Waals surface area contributed by atoms with E-state index in [0.717, 1.165) is 16.7 Å². The van der Waals surface area contributed by atoms with Gasteiger partial charge in [0.2, 0.25) is 0 Å². The first-order valence-corrected chi connectivity index (χ1v) is 6.25. The zero-order valence-corrected chi connectivity index (χ0v) is 11.0. The molecule has 0 unspecified atom stereocenters. The molecular weight excluding hydrogens is 262 g/mol. The van der Waals surface area contributed by atoms with Gasteiger partial charge in [0, 0.05) is 5.02 Å². The Morgan fingerprint density at radius 1 is 1.00 bits per heavy atom. The molecule has 1 N–H and O–H groups in total. The Morgan fingerprint density at radius 3 is 2.26 bits per heavy atom. The number of rotatable bonds is 5. The molecule has 3 nitrogen and oxygen atoms in total. The van der Waals surface area contributed by atoms with Gasteiger partial charge in [0.05, 0.1) is 12.8 Å². The number of oxime groups is 1. The molecule has 0 aliphatic carbocycles. The number of aliphatic hydroxyl groups is 1. The predicted octanol–water partition coefficient (Wildman–Crippen LogP) is 3.38. The molecule has 0 atom stereocenters. The summed E-state index contributed by atoms with van der Waals surface area (Å²) in [4.78, 5) is 5.20. The van der Waals surface area contributed by atoms with Gasteiger partial charge in [-0.2, -0.15) is 0 Å². The number of benzene rings is 2. The largest absolute Gasteiger partial charge is 0.392 e. The Labute approximate surface area is 117 Å². The van der Waals surface area contributed by atoms with Crippen molar-refractivity contribution in [1.29, 1.82) is 0 Å². The third kappa shape index (κ3) is 4.39. The summed E-state index contributed by atoms with van der Waals surface area (Å²) < 4.78 is 0. The summed E-state index contributed by atoms with van der Waals surface area (Å²) in [6.07, 6.45) is 1.64. The highest BCUT2D eigenvalue weighted by atomic mass is 35.5. The predicted molar refractivity (Wildman–Crippen MR) is 76.2 cm³/mol. The van der Waals surface area contributed by atoms with E-state index in [9.17, 15) is 0 Å². The second-order valence-electron chi connectivity index (χ2n) is 4.03. The van der Waals surface area contributed by atoms with Crippen molar-refractivity contribution in [3.05, 3.63) is 70.2 Å². The normalized spacial score (nSPS) is 10.8. The van der Waals surface area contributed by atoms with Crippen LogP contribution in [0.2, 0.25) is 5.02 Å². The summed E-state index contributed by atoms with van der Waals surface area (Å²) in [6.45, 7) is 0.450. The molecule has 0 aliphatic heterocycles. The first kappa shape index (κ1) is 13.6. The van der Waals surface area contributed by atoms with Gasteiger partial charge in [-0.05, 0) is 28.8 Å². The zero-order chi connectivity index (χ0) is 13.5. The van der Waals surface area contributed by atoms with E-state index in [1.165, 1.54) is 0 Å². The molecule has 2 aromatic carbocycles. The zero-order valence-electron chi connectivity index (χ0n) is 10.3. The van der Waals surface area contributed by atoms with Crippen LogP contribution in [-0.4, -0.2) is 11.3 Å². The third-order valence-electron chi connectivity index (χ3n) is 2.58. The summed E-state index contributed by atoms with van der Waals surface area (Å²) in [7, 11) is 0. The highest BCUT2D eigenvalue weighted by Gasteiger charge is 1.94. The molecule has 0 fully saturated rings. The minimum absolute atomic E-state index is 0.0514. The summed E-state index contributed by atoms with van der Waals surface area (Å²) in [5.41, 5.74) is 2.82. The SMILES string of the molecule is OCc1ccc(CO/N=C/c2ccc(Cl)cc2)cc1. The Morgan fingerprint density at radius 2 is 1.63 bits per heavy atom. The van der Waals surface area contributed by atoms with E-state index in [-0.39, 0.29) is 6.61 Å². The van der Waals surface area contributed by atoms with E-state index in [1.54, 1.807) is 18.3 Å². The molecule has 2 rings (SSSR count). The number of hydrogen-bond acceptors (Lipinski definition) is 3. The molecule has 0 bridgehead atoms. The lowest BCUT2D eigenvalue weighted by molar-refractivity contribution is 0.132. The van der Waals surface area contributed by atoms with Crippen molar-refractivity contribution >= 4 is 17.8 Å². The molecule has 2 aromatic rings. The van der Waals surface area contributed by atoms with Gasteiger partial charge in [-0.15, -0.1) is 0 Å². The van der Waals surface area contributed by atoms with Gasteiger partial charge in [-0.3, -0.25) is 0 Å². The lowest BCUT2D eigenvalue weighted by atomic mass is 10.1. The smallest absolute Gasteiger partial charge is 0.142 e. The maximum absolute atomic E-state index is 8.92. The summed E-state index contributed by atoms with van der Waals surface area (Å²) in [5, 5.41) is 13.5. The van der Waals surface area contributed by atoms with Crippen molar-refractivity contribution in [2.75, 3.05) is 0 Å². The van der Waals surface area contributed by atoms with Gasteiger partial charge in [-0.25, -0.2) is 0 Å². The molecule has 0 amide bonds. The van der Waals surface area contributed by atoms with Gasteiger partial charge >= 0.3 is 0 Å². The molecule has 4 heteroatoms. The van der Waals surface area contributed by atoms with Crippen LogP contribution in [0.3, 0.4) is 0 Å². The van der Waals surface area contributed by atoms with E-state index in [4.69, 9.17) is 21.5 Å². The van der Waals surface area contributed by atoms with Crippen LogP contribution in [0, 0.1) is 0 Å². The maximum Gasteiger partial charge on any atom is 0.142 e. The summed E-state index contributed by atoms with van der Waals surface area (Å²) >= 11 is 5.78. The van der Waals surface area contributed by atoms with Gasteiger partial charge in [0.1, 0.15) is 6.61 Å². The first-order chi connectivity index (χ1) is 9.28. The number of nitrogens with zero attached hydrogens (tertiary/aromatic N) is 1. The fourth-order valence-corrected chi connectivity index (χ4v) is 1.63. The summed E-state index contributed by atoms with van der Waals surface area (Å²) in [5.74, 6) is 0. The van der Waals surface area contributed by atoms with Crippen LogP contribution in [0.5, 0.6) is 0 Å². The molecule has 0 aliphatic rings. The summed E-state index contributed by atoms with van der Waals surface area (Å²) in [6, 6.07) is 14.9. The van der Waals surface area contributed by atoms with Crippen LogP contribution in [0.1, 0.15) is 16.7 Å². The van der Waals surface area contributed by atoms with Crippen LogP contribution in [0.15, 0.2) is 53.7 Å². The average molecular weight is 276 g/mol. The van der Waals surface area contributed by atoms with Crippen LogP contribution >= 0.6 is 11.6 Å². The molecule has 98 valence electrons. The van der Waals surface area contributed by atoms with Crippen molar-refractivity contribution in [2.24, 2.45) is 5.16 Å². The van der Waals surface area contributed by atoms with Crippen LogP contribution in [0.4, 0.5) is 0 Å². The number of hydrogen-bond donors (Lipinski definition) is 1. The lowest BCUT2D eigenvalue weighted by Crippen LogP contribution is -1.89. The van der Waals surface area contributed by atoms with Crippen molar-refractivity contribution in [2.45, 2.75) is 13.2 Å². The second-order valence-corrected chi connectivity index (χ2v) is 4.47. The Balaban J connectivity index is 1.83. The fourth-order valence-electron chi connectivity index (χ4n) is 1.50. The van der Waals surface area contributed by atoms with Crippen molar-refractivity contribution in [3.63, 3.8) is 0 Å². The van der Waals surface area contributed by atoms with Crippen LogP contribution in [-0.2, 0) is 18.1 Å². The molecule has 19 heavy (non-hydrogen) atoms.